The van der Waals surface area contributed by atoms with Crippen molar-refractivity contribution in [3.05, 3.63) is 327 Å². The molecule has 0 aliphatic carbocycles. The molecule has 0 N–H and O–H groups in total. The van der Waals surface area contributed by atoms with E-state index in [0.29, 0.717) is 5.71 Å². The first kappa shape index (κ1) is 69.9. The lowest BCUT2D eigenvalue weighted by Crippen LogP contribution is -2.47. The fraction of sp³-hybridized carbons (Fsp3) is 0.108. The minimum atomic E-state index is 0.200. The average Bonchev–Trinajstić information content (AvgIpc) is 1.59. The van der Waals surface area contributed by atoms with Crippen LogP contribution in [0.15, 0.2) is 291 Å². The van der Waals surface area contributed by atoms with Crippen LogP contribution in [0, 0.1) is 13.8 Å². The van der Waals surface area contributed by atoms with Crippen LogP contribution in [0.2, 0.25) is 27.3 Å². The molecule has 0 unspecified atom stereocenters. The van der Waals surface area contributed by atoms with Gasteiger partial charge in [-0.05, 0) is 152 Å². The monoisotopic (exact) mass is 1430 g/mol. The number of nitrogens with zero attached hydrogens (tertiary/aromatic N) is 9. The number of hydrogen-bond donors (Lipinski definition) is 0. The smallest absolute Gasteiger partial charge is 0.405 e. The summed E-state index contributed by atoms with van der Waals surface area (Å²) in [7, 11) is 8.39. The van der Waals surface area contributed by atoms with Crippen LogP contribution in [0.25, 0.3) is 137 Å². The number of rotatable bonds is 8. The van der Waals surface area contributed by atoms with Crippen molar-refractivity contribution >= 4 is 143 Å². The van der Waals surface area contributed by atoms with E-state index in [9.17, 15) is 0 Å². The Morgan fingerprint density at radius 3 is 1.14 bits per heavy atom. The molecule has 4 aliphatic rings. The van der Waals surface area contributed by atoms with Crippen molar-refractivity contribution in [3.8, 4) is 44.5 Å². The summed E-state index contributed by atoms with van der Waals surface area (Å²) in [5, 5.41) is 9.11. The first-order valence-corrected chi connectivity index (χ1v) is 37.7. The van der Waals surface area contributed by atoms with Gasteiger partial charge in [0.2, 0.25) is 5.71 Å². The molecule has 0 atom stereocenters. The minimum absolute atomic E-state index is 0.200. The van der Waals surface area contributed by atoms with E-state index in [0.717, 1.165) is 104 Å². The van der Waals surface area contributed by atoms with Crippen molar-refractivity contribution in [2.45, 2.75) is 41.1 Å². The molecule has 13 heterocycles. The molecule has 0 bridgehead atoms. The largest absolute Gasteiger partial charge is 0.457 e. The van der Waals surface area contributed by atoms with Gasteiger partial charge in [0.15, 0.2) is 5.42 Å². The molecular formula is C93H83B4N9O4+4. The summed E-state index contributed by atoms with van der Waals surface area (Å²) in [6, 6.07) is 84.2. The van der Waals surface area contributed by atoms with E-state index in [1.54, 1.807) is 6.20 Å². The van der Waals surface area contributed by atoms with Crippen LogP contribution in [-0.2, 0) is 28.2 Å². The van der Waals surface area contributed by atoms with Gasteiger partial charge in [0, 0.05) is 62.8 Å². The van der Waals surface area contributed by atoms with E-state index in [1.807, 2.05) is 54.6 Å². The first-order chi connectivity index (χ1) is 53.6. The highest BCUT2D eigenvalue weighted by Crippen LogP contribution is 2.31. The summed E-state index contributed by atoms with van der Waals surface area (Å²) >= 11 is 0. The molecule has 4 aliphatic heterocycles. The van der Waals surface area contributed by atoms with E-state index >= 15 is 0 Å². The van der Waals surface area contributed by atoms with Crippen LogP contribution in [0.5, 0.6) is 0 Å². The predicted molar refractivity (Wildman–Crippen MR) is 453 cm³/mol. The normalized spacial score (nSPS) is 13.3. The highest BCUT2D eigenvalue weighted by atomic mass is 16.3. The second-order valence-electron chi connectivity index (χ2n) is 29.1. The van der Waals surface area contributed by atoms with Crippen LogP contribution in [0.3, 0.4) is 0 Å². The highest BCUT2D eigenvalue weighted by Gasteiger charge is 2.35. The number of fused-ring (bicyclic) bond motifs is 12. The summed E-state index contributed by atoms with van der Waals surface area (Å²) in [4.78, 5) is 13.6. The zero-order valence-electron chi connectivity index (χ0n) is 63.6. The summed E-state index contributed by atoms with van der Waals surface area (Å²) in [6.45, 7) is 14.0. The zero-order chi connectivity index (χ0) is 75.3. The predicted octanol–water partition coefficient (Wildman–Crippen LogP) is 12.5. The molecule has 16 aromatic rings. The number of anilines is 4. The molecule has 20 rings (SSSR count). The molecule has 17 heteroatoms. The standard InChI is InChI=1S/2C24H22BN2O.C23H20BN2O.C22H19BN3O/c1-17-15-26(3)24(13-20(17)18-9-5-4-6-10-18)27-16-21-19-11-7-8-12-22(19)28-23(21)14-25(27)2;1-17-13-24(26(3)15-20(17)18-9-5-4-6-10-18)27-16-21-19-11-7-8-12-22(19)28-23(21)14-25(27)2;1-24-15-22-20(19-10-6-7-11-21(19)27-22)16-26(24)23-14-18(12-13-25(23)2)17-8-4-3-5-9-17;1-23-14-19-18-9-6-11-24-22(18)27-20(19)15-26(23)21-13-17(10-12-25(21)2)16-7-4-3-5-8-16/h2*4-16H,1-3H3;3-16H,1-2H3;3-15H,1-2H3/q4*+1. The molecule has 0 spiro atoms. The Kier molecular flexibility index (Phi) is 18.8. The molecule has 0 fully saturated rings. The Bertz CT molecular complexity index is 6770. The van der Waals surface area contributed by atoms with Crippen LogP contribution in [0.4, 0.5) is 23.3 Å². The summed E-state index contributed by atoms with van der Waals surface area (Å²) in [5.74, 6) is 13.4. The average molecular weight is 1430 g/mol. The number of benzene rings is 7. The van der Waals surface area contributed by atoms with Gasteiger partial charge in [-0.25, -0.2) is 23.3 Å². The summed E-state index contributed by atoms with van der Waals surface area (Å²) in [5.41, 5.74) is 19.6. The maximum atomic E-state index is 6.07. The van der Waals surface area contributed by atoms with Crippen molar-refractivity contribution < 1.29 is 35.9 Å². The Hall–Kier alpha value is -13.1. The van der Waals surface area contributed by atoms with Gasteiger partial charge in [-0.1, -0.05) is 182 Å². The lowest BCUT2D eigenvalue weighted by Gasteiger charge is -2.20. The molecule has 13 nitrogen and oxygen atoms in total. The molecule has 9 aromatic heterocycles. The van der Waals surface area contributed by atoms with Crippen molar-refractivity contribution in [1.82, 2.24) is 4.98 Å². The zero-order valence-corrected chi connectivity index (χ0v) is 63.6. The SMILES string of the molecule is CB1C=c2c(oc3ncccc23)=CN1c1cc(-c2ccccc2)cc[n+]1C.CB1C=c2oc3ccccc3c2=CN1c1cc(-c2ccccc2)c(C)c[n+]1C.CB1C=c2oc3ccccc3c2=CN1c1cc(-c2ccccc2)cc[n+]1C.CB1C=c2oc3ccccc3c2=CN1c1cc(C)c(-c2ccccc2)c[n+]1C. The van der Waals surface area contributed by atoms with E-state index in [-0.39, 0.29) is 27.4 Å². The van der Waals surface area contributed by atoms with Crippen LogP contribution in [0.1, 0.15) is 11.1 Å². The molecule has 0 saturated carbocycles. The topological polar surface area (TPSA) is 93.9 Å². The number of aryl methyl sites for hydroxylation is 6. The third-order valence-electron chi connectivity index (χ3n) is 21.5. The quantitative estimate of drug-likeness (QED) is 0.109. The third-order valence-corrected chi connectivity index (χ3v) is 21.5. The molecule has 0 amide bonds. The van der Waals surface area contributed by atoms with Gasteiger partial charge in [-0.15, -0.1) is 0 Å². The van der Waals surface area contributed by atoms with Crippen LogP contribution < -0.4 is 80.0 Å². The number of hydrogen-bond acceptors (Lipinski definition) is 9. The van der Waals surface area contributed by atoms with E-state index in [2.05, 4.69) is 373 Å². The number of furan rings is 4. The van der Waals surface area contributed by atoms with Crippen molar-refractivity contribution in [3.63, 3.8) is 0 Å². The molecule has 0 saturated heterocycles. The molecular weight excluding hydrogens is 1350 g/mol. The number of para-hydroxylation sites is 3. The van der Waals surface area contributed by atoms with Gasteiger partial charge in [0.1, 0.15) is 39.2 Å². The summed E-state index contributed by atoms with van der Waals surface area (Å²) in [6.07, 6.45) is 19.2. The maximum absolute atomic E-state index is 6.07. The van der Waals surface area contributed by atoms with Gasteiger partial charge in [0.25, 0.3) is 23.3 Å². The van der Waals surface area contributed by atoms with Gasteiger partial charge < -0.3 is 17.7 Å². The third kappa shape index (κ3) is 13.5. The summed E-state index contributed by atoms with van der Waals surface area (Å²) < 4.78 is 32.9. The van der Waals surface area contributed by atoms with Crippen LogP contribution >= 0.6 is 0 Å². The first-order valence-electron chi connectivity index (χ1n) is 37.7. The van der Waals surface area contributed by atoms with E-state index < -0.39 is 0 Å². The van der Waals surface area contributed by atoms with Crippen molar-refractivity contribution in [2.24, 2.45) is 28.2 Å². The van der Waals surface area contributed by atoms with Crippen molar-refractivity contribution in [2.75, 3.05) is 19.2 Å². The second-order valence-corrected chi connectivity index (χ2v) is 29.1. The Morgan fingerprint density at radius 1 is 0.300 bits per heavy atom. The molecule has 7 aromatic carbocycles. The van der Waals surface area contributed by atoms with Crippen LogP contribution in [-0.4, -0.2) is 32.4 Å². The molecule has 110 heavy (non-hydrogen) atoms. The van der Waals surface area contributed by atoms with Gasteiger partial charge >= 0.3 is 27.4 Å². The molecule has 0 radical (unpaired) electrons. The van der Waals surface area contributed by atoms with Crippen molar-refractivity contribution in [1.29, 1.82) is 0 Å². The maximum Gasteiger partial charge on any atom is 0.405 e. The highest BCUT2D eigenvalue weighted by molar-refractivity contribution is 6.78. The Balaban J connectivity index is 0.000000107. The van der Waals surface area contributed by atoms with Gasteiger partial charge in [-0.3, -0.25) is 19.2 Å². The van der Waals surface area contributed by atoms with Gasteiger partial charge in [-0.2, -0.15) is 0 Å². The number of pyridine rings is 5. The minimum Gasteiger partial charge on any atom is -0.457 e. The lowest BCUT2D eigenvalue weighted by atomic mass is 9.61. The van der Waals surface area contributed by atoms with Gasteiger partial charge in [0.05, 0.1) is 87.2 Å². The van der Waals surface area contributed by atoms with E-state index in [1.165, 1.54) is 55.6 Å². The van der Waals surface area contributed by atoms with E-state index in [4.69, 9.17) is 17.7 Å². The Labute approximate surface area is 640 Å². The molecule has 532 valence electrons. The number of aromatic nitrogens is 5. The second kappa shape index (κ2) is 29.6. The fourth-order valence-electron chi connectivity index (χ4n) is 15.7. The lowest BCUT2D eigenvalue weighted by molar-refractivity contribution is -0.658. The fourth-order valence-corrected chi connectivity index (χ4v) is 15.7. The Morgan fingerprint density at radius 2 is 0.673 bits per heavy atom.